The van der Waals surface area contributed by atoms with Crippen LogP contribution in [0.1, 0.15) is 25.1 Å². The normalized spacial score (nSPS) is 11.6. The largest absolute Gasteiger partial charge is 0.468 e. The van der Waals surface area contributed by atoms with E-state index in [4.69, 9.17) is 14.9 Å². The van der Waals surface area contributed by atoms with Crippen molar-refractivity contribution in [1.29, 1.82) is 0 Å². The van der Waals surface area contributed by atoms with Crippen molar-refractivity contribution in [2.75, 3.05) is 6.61 Å². The van der Waals surface area contributed by atoms with Gasteiger partial charge in [0.05, 0.1) is 25.3 Å². The molecule has 0 unspecified atom stereocenters. The van der Waals surface area contributed by atoms with E-state index < -0.39 is 6.04 Å². The van der Waals surface area contributed by atoms with Crippen molar-refractivity contribution >= 4 is 18.4 Å². The van der Waals surface area contributed by atoms with Crippen molar-refractivity contribution in [3.05, 3.63) is 24.2 Å². The molecule has 80 valence electrons. The van der Waals surface area contributed by atoms with Gasteiger partial charge in [0.25, 0.3) is 0 Å². The number of hydrogen-bond acceptors (Lipinski definition) is 4. The molecule has 0 bridgehead atoms. The van der Waals surface area contributed by atoms with Crippen LogP contribution in [0.3, 0.4) is 0 Å². The van der Waals surface area contributed by atoms with Gasteiger partial charge in [-0.3, -0.25) is 4.79 Å². The summed E-state index contributed by atoms with van der Waals surface area (Å²) in [5.74, 6) is 0.305. The summed E-state index contributed by atoms with van der Waals surface area (Å²) in [4.78, 5) is 11.0. The maximum Gasteiger partial charge on any atom is 0.307 e. The van der Waals surface area contributed by atoms with Crippen LogP contribution in [-0.2, 0) is 9.53 Å². The third-order valence-electron chi connectivity index (χ3n) is 1.60. The first kappa shape index (κ1) is 13.0. The molecule has 2 N–H and O–H groups in total. The van der Waals surface area contributed by atoms with E-state index in [1.807, 2.05) is 0 Å². The third-order valence-corrected chi connectivity index (χ3v) is 1.60. The first-order chi connectivity index (χ1) is 6.24. The number of furan rings is 1. The van der Waals surface area contributed by atoms with Gasteiger partial charge < -0.3 is 14.9 Å². The second-order valence-electron chi connectivity index (χ2n) is 2.63. The summed E-state index contributed by atoms with van der Waals surface area (Å²) in [6.07, 6.45) is 1.68. The number of rotatable bonds is 4. The number of ether oxygens (including phenoxy) is 1. The number of carbonyl (C=O) groups is 1. The zero-order chi connectivity index (χ0) is 9.68. The van der Waals surface area contributed by atoms with Gasteiger partial charge in [0.15, 0.2) is 0 Å². The monoisotopic (exact) mass is 219 g/mol. The van der Waals surface area contributed by atoms with Crippen LogP contribution in [0, 0.1) is 0 Å². The van der Waals surface area contributed by atoms with Gasteiger partial charge in [-0.2, -0.15) is 0 Å². The highest BCUT2D eigenvalue weighted by Crippen LogP contribution is 2.14. The summed E-state index contributed by atoms with van der Waals surface area (Å²) in [6.45, 7) is 2.14. The van der Waals surface area contributed by atoms with E-state index in [0.29, 0.717) is 12.4 Å². The van der Waals surface area contributed by atoms with Crippen molar-refractivity contribution in [2.24, 2.45) is 5.73 Å². The smallest absolute Gasteiger partial charge is 0.307 e. The van der Waals surface area contributed by atoms with Crippen molar-refractivity contribution in [3.8, 4) is 0 Å². The van der Waals surface area contributed by atoms with Crippen molar-refractivity contribution < 1.29 is 13.9 Å². The van der Waals surface area contributed by atoms with Crippen molar-refractivity contribution in [3.63, 3.8) is 0 Å². The van der Waals surface area contributed by atoms with Crippen LogP contribution >= 0.6 is 12.4 Å². The van der Waals surface area contributed by atoms with E-state index in [1.165, 1.54) is 6.26 Å². The molecule has 0 spiro atoms. The highest BCUT2D eigenvalue weighted by atomic mass is 35.5. The molecule has 1 rings (SSSR count). The summed E-state index contributed by atoms with van der Waals surface area (Å²) in [6, 6.07) is 3.07. The number of nitrogens with two attached hydrogens (primary N) is 1. The van der Waals surface area contributed by atoms with E-state index in [9.17, 15) is 4.79 Å². The zero-order valence-electron chi connectivity index (χ0n) is 7.93. The average Bonchev–Trinajstić information content (AvgIpc) is 2.55. The van der Waals surface area contributed by atoms with Gasteiger partial charge in [-0.15, -0.1) is 12.4 Å². The lowest BCUT2D eigenvalue weighted by molar-refractivity contribution is -0.143. The molecule has 0 saturated carbocycles. The van der Waals surface area contributed by atoms with Crippen LogP contribution in [0.5, 0.6) is 0 Å². The summed E-state index contributed by atoms with van der Waals surface area (Å²) in [5, 5.41) is 0. The molecule has 1 heterocycles. The number of carbonyl (C=O) groups excluding carboxylic acids is 1. The van der Waals surface area contributed by atoms with Gasteiger partial charge in [-0.1, -0.05) is 0 Å². The predicted octanol–water partition coefficient (Wildman–Crippen LogP) is 1.65. The molecular formula is C9H14ClNO3. The molecule has 0 aromatic carbocycles. The van der Waals surface area contributed by atoms with Crippen molar-refractivity contribution in [2.45, 2.75) is 19.4 Å². The standard InChI is InChI=1S/C9H13NO3.ClH/c1-2-12-9(11)6-7(10)8-4-3-5-13-8;/h3-5,7H,2,6,10H2,1H3;1H/t7-;/m1./s1. The minimum absolute atomic E-state index is 0. The van der Waals surface area contributed by atoms with Crippen LogP contribution in [0.4, 0.5) is 0 Å². The first-order valence-corrected chi connectivity index (χ1v) is 4.18. The zero-order valence-corrected chi connectivity index (χ0v) is 8.75. The van der Waals surface area contributed by atoms with E-state index in [0.717, 1.165) is 0 Å². The summed E-state index contributed by atoms with van der Waals surface area (Å²) >= 11 is 0. The molecule has 0 aliphatic heterocycles. The summed E-state index contributed by atoms with van der Waals surface area (Å²) < 4.78 is 9.79. The Morgan fingerprint density at radius 1 is 1.71 bits per heavy atom. The number of hydrogen-bond donors (Lipinski definition) is 1. The lowest BCUT2D eigenvalue weighted by Crippen LogP contribution is -2.16. The number of esters is 1. The van der Waals surface area contributed by atoms with Gasteiger partial charge in [0, 0.05) is 0 Å². The lowest BCUT2D eigenvalue weighted by atomic mass is 10.2. The van der Waals surface area contributed by atoms with E-state index >= 15 is 0 Å². The SMILES string of the molecule is CCOC(=O)C[C@@H](N)c1ccco1.Cl. The second-order valence-corrected chi connectivity index (χ2v) is 2.63. The quantitative estimate of drug-likeness (QED) is 0.783. The fourth-order valence-corrected chi connectivity index (χ4v) is 1.00. The Morgan fingerprint density at radius 3 is 2.93 bits per heavy atom. The van der Waals surface area contributed by atoms with Gasteiger partial charge in [0.1, 0.15) is 5.76 Å². The van der Waals surface area contributed by atoms with Crippen LogP contribution in [0.15, 0.2) is 22.8 Å². The fraction of sp³-hybridized carbons (Fsp3) is 0.444. The molecule has 4 nitrogen and oxygen atoms in total. The second kappa shape index (κ2) is 6.45. The van der Waals surface area contributed by atoms with Crippen molar-refractivity contribution in [1.82, 2.24) is 0 Å². The molecule has 0 fully saturated rings. The molecule has 5 heteroatoms. The van der Waals surface area contributed by atoms with Crippen LogP contribution in [0.2, 0.25) is 0 Å². The molecule has 1 atom stereocenters. The summed E-state index contributed by atoms with van der Waals surface area (Å²) in [5.41, 5.74) is 5.68. The molecule has 0 aliphatic carbocycles. The van der Waals surface area contributed by atoms with Crippen LogP contribution in [-0.4, -0.2) is 12.6 Å². The minimum Gasteiger partial charge on any atom is -0.468 e. The Hall–Kier alpha value is -1.00. The van der Waals surface area contributed by atoms with Gasteiger partial charge in [0.2, 0.25) is 0 Å². The molecule has 0 amide bonds. The molecule has 0 aliphatic rings. The van der Waals surface area contributed by atoms with Crippen LogP contribution < -0.4 is 5.73 Å². The molecular weight excluding hydrogens is 206 g/mol. The first-order valence-electron chi connectivity index (χ1n) is 4.18. The molecule has 1 aromatic heterocycles. The Labute approximate surface area is 88.8 Å². The van der Waals surface area contributed by atoms with Gasteiger partial charge in [-0.25, -0.2) is 0 Å². The van der Waals surface area contributed by atoms with Gasteiger partial charge in [-0.05, 0) is 19.1 Å². The highest BCUT2D eigenvalue weighted by Gasteiger charge is 2.14. The predicted molar refractivity (Wildman–Crippen MR) is 54.1 cm³/mol. The lowest BCUT2D eigenvalue weighted by Gasteiger charge is -2.07. The average molecular weight is 220 g/mol. The fourth-order valence-electron chi connectivity index (χ4n) is 1.00. The molecule has 0 saturated heterocycles. The highest BCUT2D eigenvalue weighted by molar-refractivity contribution is 5.85. The van der Waals surface area contributed by atoms with Crippen LogP contribution in [0.25, 0.3) is 0 Å². The van der Waals surface area contributed by atoms with E-state index in [1.54, 1.807) is 19.1 Å². The maximum atomic E-state index is 11.0. The maximum absolute atomic E-state index is 11.0. The third kappa shape index (κ3) is 3.81. The Balaban J connectivity index is 0.00000169. The van der Waals surface area contributed by atoms with E-state index in [2.05, 4.69) is 0 Å². The Kier molecular flexibility index (Phi) is 5.99. The Morgan fingerprint density at radius 2 is 2.43 bits per heavy atom. The molecule has 1 aromatic rings. The topological polar surface area (TPSA) is 65.5 Å². The Bertz CT molecular complexity index is 261. The summed E-state index contributed by atoms with van der Waals surface area (Å²) in [7, 11) is 0. The van der Waals surface area contributed by atoms with Gasteiger partial charge >= 0.3 is 5.97 Å². The minimum atomic E-state index is -0.408. The van der Waals surface area contributed by atoms with E-state index in [-0.39, 0.29) is 24.8 Å². The molecule has 14 heavy (non-hydrogen) atoms. The molecule has 0 radical (unpaired) electrons. The number of halogens is 1.